The molecule has 6 heteroatoms. The Labute approximate surface area is 116 Å². The van der Waals surface area contributed by atoms with Crippen LogP contribution in [0.4, 0.5) is 11.5 Å². The minimum absolute atomic E-state index is 0.604. The van der Waals surface area contributed by atoms with Gasteiger partial charge in [0.15, 0.2) is 11.5 Å². The minimum atomic E-state index is 0.604. The van der Waals surface area contributed by atoms with E-state index in [1.165, 1.54) is 11.9 Å². The molecule has 0 radical (unpaired) electrons. The second-order valence-corrected chi connectivity index (χ2v) is 4.83. The Balaban J connectivity index is 1.88. The van der Waals surface area contributed by atoms with E-state index in [0.717, 1.165) is 28.0 Å². The minimum Gasteiger partial charge on any atom is -0.398 e. The number of imidazole rings is 1. The van der Waals surface area contributed by atoms with Crippen LogP contribution in [0.1, 0.15) is 16.7 Å². The summed E-state index contributed by atoms with van der Waals surface area (Å²) in [6.07, 6.45) is 3.11. The van der Waals surface area contributed by atoms with Crippen molar-refractivity contribution in [3.8, 4) is 0 Å². The van der Waals surface area contributed by atoms with Gasteiger partial charge in [0, 0.05) is 12.2 Å². The highest BCUT2D eigenvalue weighted by atomic mass is 15.1. The molecule has 0 saturated heterocycles. The van der Waals surface area contributed by atoms with Gasteiger partial charge in [-0.2, -0.15) is 0 Å². The molecule has 0 fully saturated rings. The van der Waals surface area contributed by atoms with E-state index in [0.29, 0.717) is 12.4 Å². The van der Waals surface area contributed by atoms with Gasteiger partial charge in [0.2, 0.25) is 0 Å². The van der Waals surface area contributed by atoms with Gasteiger partial charge in [-0.05, 0) is 25.0 Å². The first-order chi connectivity index (χ1) is 9.65. The molecule has 0 saturated carbocycles. The number of benzene rings is 1. The molecule has 6 nitrogen and oxygen atoms in total. The fourth-order valence-corrected chi connectivity index (χ4v) is 2.29. The van der Waals surface area contributed by atoms with E-state index in [4.69, 9.17) is 5.73 Å². The summed E-state index contributed by atoms with van der Waals surface area (Å²) in [5.41, 5.74) is 11.7. The third-order valence-corrected chi connectivity index (χ3v) is 3.28. The zero-order valence-electron chi connectivity index (χ0n) is 11.4. The van der Waals surface area contributed by atoms with Crippen LogP contribution in [0.25, 0.3) is 11.2 Å². The van der Waals surface area contributed by atoms with Gasteiger partial charge < -0.3 is 16.0 Å². The molecule has 0 unspecified atom stereocenters. The predicted octanol–water partition coefficient (Wildman–Crippen LogP) is 2.16. The molecule has 2 heterocycles. The lowest BCUT2D eigenvalue weighted by Crippen LogP contribution is -2.06. The van der Waals surface area contributed by atoms with Crippen molar-refractivity contribution in [2.45, 2.75) is 20.4 Å². The Morgan fingerprint density at radius 3 is 2.90 bits per heavy atom. The second-order valence-electron chi connectivity index (χ2n) is 4.83. The van der Waals surface area contributed by atoms with E-state index < -0.39 is 0 Å². The highest BCUT2D eigenvalue weighted by Crippen LogP contribution is 2.21. The molecule has 1 aromatic carbocycles. The molecule has 0 bridgehead atoms. The second kappa shape index (κ2) is 4.80. The topological polar surface area (TPSA) is 92.5 Å². The number of hydrogen-bond acceptors (Lipinski definition) is 5. The molecule has 0 atom stereocenters. The molecule has 3 aromatic rings. The van der Waals surface area contributed by atoms with Crippen molar-refractivity contribution < 1.29 is 0 Å². The van der Waals surface area contributed by atoms with Crippen LogP contribution in [-0.4, -0.2) is 19.9 Å². The van der Waals surface area contributed by atoms with Crippen LogP contribution in [-0.2, 0) is 6.54 Å². The molecule has 102 valence electrons. The summed E-state index contributed by atoms with van der Waals surface area (Å²) in [6.45, 7) is 4.68. The number of nitrogen functional groups attached to an aromatic ring is 1. The Morgan fingerprint density at radius 2 is 2.05 bits per heavy atom. The van der Waals surface area contributed by atoms with Crippen LogP contribution in [0.3, 0.4) is 0 Å². The van der Waals surface area contributed by atoms with Gasteiger partial charge in [-0.3, -0.25) is 0 Å². The average molecular weight is 268 g/mol. The fraction of sp³-hybridized carbons (Fsp3) is 0.214. The van der Waals surface area contributed by atoms with Crippen LogP contribution in [0.2, 0.25) is 0 Å². The summed E-state index contributed by atoms with van der Waals surface area (Å²) in [4.78, 5) is 15.5. The van der Waals surface area contributed by atoms with E-state index in [-0.39, 0.29) is 0 Å². The number of H-pyrrole nitrogens is 1. The van der Waals surface area contributed by atoms with Crippen LogP contribution in [0, 0.1) is 13.8 Å². The number of aromatic amines is 1. The van der Waals surface area contributed by atoms with Crippen molar-refractivity contribution in [1.82, 2.24) is 19.9 Å². The van der Waals surface area contributed by atoms with Crippen LogP contribution in [0.15, 0.2) is 24.8 Å². The number of nitrogens with zero attached hydrogens (tertiary/aromatic N) is 3. The monoisotopic (exact) mass is 268 g/mol. The third kappa shape index (κ3) is 2.16. The van der Waals surface area contributed by atoms with Crippen molar-refractivity contribution in [2.75, 3.05) is 11.1 Å². The van der Waals surface area contributed by atoms with Gasteiger partial charge in [-0.15, -0.1) is 0 Å². The maximum absolute atomic E-state index is 6.11. The van der Waals surface area contributed by atoms with Crippen molar-refractivity contribution in [2.24, 2.45) is 0 Å². The molecule has 3 rings (SSSR count). The highest BCUT2D eigenvalue weighted by Gasteiger charge is 2.08. The predicted molar refractivity (Wildman–Crippen MR) is 79.3 cm³/mol. The lowest BCUT2D eigenvalue weighted by Gasteiger charge is -2.11. The Kier molecular flexibility index (Phi) is 2.98. The van der Waals surface area contributed by atoms with E-state index in [9.17, 15) is 0 Å². The number of anilines is 2. The molecular formula is C14H16N6. The summed E-state index contributed by atoms with van der Waals surface area (Å²) in [5, 5.41) is 3.27. The average Bonchev–Trinajstić information content (AvgIpc) is 2.90. The van der Waals surface area contributed by atoms with Crippen LogP contribution >= 0.6 is 0 Å². The maximum atomic E-state index is 6.11. The standard InChI is InChI=1S/C14H16N6/c1-8-3-9(2)11(15)10(4-8)5-16-13-12-14(18-6-17-12)20-7-19-13/h3-4,6-7H,5,15H2,1-2H3,(H2,16,17,18,19,20). The smallest absolute Gasteiger partial charge is 0.162 e. The van der Waals surface area contributed by atoms with Gasteiger partial charge >= 0.3 is 0 Å². The summed E-state index contributed by atoms with van der Waals surface area (Å²) < 4.78 is 0. The molecule has 4 N–H and O–H groups in total. The van der Waals surface area contributed by atoms with Gasteiger partial charge in [0.1, 0.15) is 11.8 Å². The number of fused-ring (bicyclic) bond motifs is 1. The Morgan fingerprint density at radius 1 is 1.20 bits per heavy atom. The lowest BCUT2D eigenvalue weighted by molar-refractivity contribution is 1.09. The molecule has 0 amide bonds. The highest BCUT2D eigenvalue weighted by molar-refractivity contribution is 5.82. The van der Waals surface area contributed by atoms with Crippen molar-refractivity contribution in [3.05, 3.63) is 41.5 Å². The molecule has 0 aliphatic carbocycles. The molecule has 2 aromatic heterocycles. The summed E-state index contributed by atoms with van der Waals surface area (Å²) in [6, 6.07) is 4.16. The van der Waals surface area contributed by atoms with E-state index in [1.807, 2.05) is 6.92 Å². The fourth-order valence-electron chi connectivity index (χ4n) is 2.29. The van der Waals surface area contributed by atoms with Gasteiger partial charge in [-0.1, -0.05) is 17.7 Å². The molecule has 0 aliphatic heterocycles. The first kappa shape index (κ1) is 12.4. The van der Waals surface area contributed by atoms with Crippen LogP contribution < -0.4 is 11.1 Å². The van der Waals surface area contributed by atoms with Crippen LogP contribution in [0.5, 0.6) is 0 Å². The summed E-state index contributed by atoms with van der Waals surface area (Å²) in [7, 11) is 0. The number of hydrogen-bond donors (Lipinski definition) is 3. The first-order valence-corrected chi connectivity index (χ1v) is 6.38. The number of aryl methyl sites for hydroxylation is 2. The van der Waals surface area contributed by atoms with Gasteiger partial charge in [0.05, 0.1) is 6.33 Å². The number of rotatable bonds is 3. The van der Waals surface area contributed by atoms with E-state index in [1.54, 1.807) is 6.33 Å². The van der Waals surface area contributed by atoms with E-state index >= 15 is 0 Å². The zero-order valence-corrected chi connectivity index (χ0v) is 11.4. The maximum Gasteiger partial charge on any atom is 0.162 e. The molecule has 20 heavy (non-hydrogen) atoms. The SMILES string of the molecule is Cc1cc(C)c(N)c(CNc2ncnc3[nH]cnc23)c1. The summed E-state index contributed by atoms with van der Waals surface area (Å²) >= 11 is 0. The quantitative estimate of drug-likeness (QED) is 0.633. The van der Waals surface area contributed by atoms with Crippen molar-refractivity contribution in [3.63, 3.8) is 0 Å². The molecule has 0 aliphatic rings. The lowest BCUT2D eigenvalue weighted by atomic mass is 10.0. The Bertz CT molecular complexity index is 761. The number of nitrogens with one attached hydrogen (secondary N) is 2. The number of aromatic nitrogens is 4. The van der Waals surface area contributed by atoms with Gasteiger partial charge in [0.25, 0.3) is 0 Å². The normalized spacial score (nSPS) is 10.9. The van der Waals surface area contributed by atoms with E-state index in [2.05, 4.69) is 44.3 Å². The third-order valence-electron chi connectivity index (χ3n) is 3.28. The van der Waals surface area contributed by atoms with Gasteiger partial charge in [-0.25, -0.2) is 15.0 Å². The Hall–Kier alpha value is -2.63. The first-order valence-electron chi connectivity index (χ1n) is 6.38. The molecular weight excluding hydrogens is 252 g/mol. The summed E-state index contributed by atoms with van der Waals surface area (Å²) in [5.74, 6) is 0.704. The zero-order chi connectivity index (χ0) is 14.1. The van der Waals surface area contributed by atoms with Crippen molar-refractivity contribution >= 4 is 22.7 Å². The number of nitrogens with two attached hydrogens (primary N) is 1. The van der Waals surface area contributed by atoms with Crippen molar-refractivity contribution in [1.29, 1.82) is 0 Å². The largest absolute Gasteiger partial charge is 0.398 e. The molecule has 0 spiro atoms.